The second kappa shape index (κ2) is 5.45. The third-order valence-corrected chi connectivity index (χ3v) is 2.50. The maximum absolute atomic E-state index is 11.2. The standard InChI is InChI=1S/C9H17ClN2O/c1-12-6-2-3-8(7-12)11-9(13)4-5-10/h8H,2-7H2,1H3,(H,11,13). The van der Waals surface area contributed by atoms with E-state index in [1.807, 2.05) is 0 Å². The summed E-state index contributed by atoms with van der Waals surface area (Å²) >= 11 is 5.47. The summed E-state index contributed by atoms with van der Waals surface area (Å²) in [5, 5.41) is 2.99. The molecule has 0 radical (unpaired) electrons. The number of amides is 1. The van der Waals surface area contributed by atoms with Crippen LogP contribution in [0.1, 0.15) is 19.3 Å². The number of alkyl halides is 1. The first-order valence-electron chi connectivity index (χ1n) is 4.76. The zero-order chi connectivity index (χ0) is 9.68. The molecule has 1 heterocycles. The first-order valence-corrected chi connectivity index (χ1v) is 5.29. The molecule has 1 unspecified atom stereocenters. The van der Waals surface area contributed by atoms with E-state index in [1.54, 1.807) is 0 Å². The van der Waals surface area contributed by atoms with Gasteiger partial charge in [0.05, 0.1) is 0 Å². The number of halogens is 1. The zero-order valence-corrected chi connectivity index (χ0v) is 8.81. The fourth-order valence-electron chi connectivity index (χ4n) is 1.67. The van der Waals surface area contributed by atoms with Crippen molar-refractivity contribution in [1.82, 2.24) is 10.2 Å². The summed E-state index contributed by atoms with van der Waals surface area (Å²) in [4.78, 5) is 13.4. The van der Waals surface area contributed by atoms with Gasteiger partial charge >= 0.3 is 0 Å². The Morgan fingerprint density at radius 3 is 3.08 bits per heavy atom. The van der Waals surface area contributed by atoms with Gasteiger partial charge in [-0.15, -0.1) is 11.6 Å². The first kappa shape index (κ1) is 10.8. The van der Waals surface area contributed by atoms with Gasteiger partial charge in [-0.3, -0.25) is 4.79 Å². The van der Waals surface area contributed by atoms with Gasteiger partial charge in [-0.2, -0.15) is 0 Å². The number of nitrogens with zero attached hydrogens (tertiary/aromatic N) is 1. The van der Waals surface area contributed by atoms with Crippen LogP contribution in [0.25, 0.3) is 0 Å². The maximum atomic E-state index is 11.2. The summed E-state index contributed by atoms with van der Waals surface area (Å²) in [5.41, 5.74) is 0. The Balaban J connectivity index is 2.23. The minimum Gasteiger partial charge on any atom is -0.352 e. The molecule has 0 spiro atoms. The number of likely N-dealkylation sites (tertiary alicyclic amines) is 1. The molecule has 0 aromatic rings. The van der Waals surface area contributed by atoms with Gasteiger partial charge in [0.25, 0.3) is 0 Å². The Kier molecular flexibility index (Phi) is 4.53. The van der Waals surface area contributed by atoms with Gasteiger partial charge in [0.2, 0.25) is 5.91 Å². The Labute approximate surface area is 84.4 Å². The van der Waals surface area contributed by atoms with E-state index < -0.39 is 0 Å². The van der Waals surface area contributed by atoms with Crippen molar-refractivity contribution in [3.8, 4) is 0 Å². The average Bonchev–Trinajstić information content (AvgIpc) is 2.04. The van der Waals surface area contributed by atoms with Gasteiger partial charge in [-0.1, -0.05) is 0 Å². The molecule has 0 aromatic carbocycles. The van der Waals surface area contributed by atoms with Crippen LogP contribution in [0.15, 0.2) is 0 Å². The van der Waals surface area contributed by atoms with Crippen LogP contribution < -0.4 is 5.32 Å². The van der Waals surface area contributed by atoms with Gasteiger partial charge in [-0.25, -0.2) is 0 Å². The van der Waals surface area contributed by atoms with Crippen molar-refractivity contribution in [3.05, 3.63) is 0 Å². The smallest absolute Gasteiger partial charge is 0.221 e. The highest BCUT2D eigenvalue weighted by molar-refractivity contribution is 6.18. The third-order valence-electron chi connectivity index (χ3n) is 2.31. The number of hydrogen-bond acceptors (Lipinski definition) is 2. The number of carbonyl (C=O) groups excluding carboxylic acids is 1. The molecule has 1 aliphatic heterocycles. The van der Waals surface area contributed by atoms with Crippen LogP contribution in [0.3, 0.4) is 0 Å². The molecule has 1 amide bonds. The van der Waals surface area contributed by atoms with Gasteiger partial charge in [0, 0.05) is 24.9 Å². The van der Waals surface area contributed by atoms with Crippen LogP contribution in [0, 0.1) is 0 Å². The molecule has 0 bridgehead atoms. The first-order chi connectivity index (χ1) is 6.22. The van der Waals surface area contributed by atoms with Gasteiger partial charge < -0.3 is 10.2 Å². The van der Waals surface area contributed by atoms with Gasteiger partial charge in [0.1, 0.15) is 0 Å². The van der Waals surface area contributed by atoms with E-state index >= 15 is 0 Å². The number of carbonyl (C=O) groups is 1. The van der Waals surface area contributed by atoms with Crippen molar-refractivity contribution in [3.63, 3.8) is 0 Å². The van der Waals surface area contributed by atoms with Crippen LogP contribution in [0.4, 0.5) is 0 Å². The van der Waals surface area contributed by atoms with E-state index in [4.69, 9.17) is 11.6 Å². The normalized spacial score (nSPS) is 24.3. The summed E-state index contributed by atoms with van der Waals surface area (Å²) in [6, 6.07) is 0.328. The molecule has 0 aromatic heterocycles. The summed E-state index contributed by atoms with van der Waals surface area (Å²) in [6.07, 6.45) is 2.70. The second-order valence-electron chi connectivity index (χ2n) is 3.61. The van der Waals surface area contributed by atoms with Crippen molar-refractivity contribution in [2.75, 3.05) is 26.0 Å². The monoisotopic (exact) mass is 204 g/mol. The zero-order valence-electron chi connectivity index (χ0n) is 8.05. The highest BCUT2D eigenvalue weighted by Gasteiger charge is 2.18. The van der Waals surface area contributed by atoms with E-state index in [9.17, 15) is 4.79 Å². The van der Waals surface area contributed by atoms with Crippen LogP contribution in [0.2, 0.25) is 0 Å². The summed E-state index contributed by atoms with van der Waals surface area (Å²) in [7, 11) is 2.08. The molecule has 0 aliphatic carbocycles. The van der Waals surface area contributed by atoms with E-state index in [0.29, 0.717) is 18.3 Å². The minimum absolute atomic E-state index is 0.0790. The Bertz CT molecular complexity index is 175. The van der Waals surface area contributed by atoms with Crippen molar-refractivity contribution in [2.45, 2.75) is 25.3 Å². The lowest BCUT2D eigenvalue weighted by Crippen LogP contribution is -2.46. The van der Waals surface area contributed by atoms with Crippen LogP contribution in [-0.4, -0.2) is 42.9 Å². The Morgan fingerprint density at radius 2 is 2.46 bits per heavy atom. The predicted octanol–water partition coefficient (Wildman–Crippen LogP) is 0.826. The second-order valence-corrected chi connectivity index (χ2v) is 3.99. The molecule has 0 saturated carbocycles. The maximum Gasteiger partial charge on any atom is 0.221 e. The van der Waals surface area contributed by atoms with Crippen LogP contribution in [-0.2, 0) is 4.79 Å². The molecule has 1 rings (SSSR count). The Hall–Kier alpha value is -0.280. The fourth-order valence-corrected chi connectivity index (χ4v) is 1.84. The number of hydrogen-bond donors (Lipinski definition) is 1. The predicted molar refractivity (Wildman–Crippen MR) is 54.0 cm³/mol. The molecule has 4 heteroatoms. The molecule has 1 N–H and O–H groups in total. The topological polar surface area (TPSA) is 32.3 Å². The molecule has 13 heavy (non-hydrogen) atoms. The van der Waals surface area contributed by atoms with Crippen molar-refractivity contribution in [2.24, 2.45) is 0 Å². The molecule has 1 saturated heterocycles. The van der Waals surface area contributed by atoms with Crippen LogP contribution in [0.5, 0.6) is 0 Å². The van der Waals surface area contributed by atoms with Crippen molar-refractivity contribution < 1.29 is 4.79 Å². The van der Waals surface area contributed by atoms with Crippen molar-refractivity contribution in [1.29, 1.82) is 0 Å². The lowest BCUT2D eigenvalue weighted by molar-refractivity contribution is -0.121. The molecule has 3 nitrogen and oxygen atoms in total. The van der Waals surface area contributed by atoms with E-state index in [0.717, 1.165) is 19.5 Å². The summed E-state index contributed by atoms with van der Waals surface area (Å²) in [5.74, 6) is 0.490. The van der Waals surface area contributed by atoms with Gasteiger partial charge in [0.15, 0.2) is 0 Å². The number of nitrogens with one attached hydrogen (secondary N) is 1. The number of likely N-dealkylation sites (N-methyl/N-ethyl adjacent to an activating group) is 1. The fraction of sp³-hybridized carbons (Fsp3) is 0.889. The molecule has 76 valence electrons. The highest BCUT2D eigenvalue weighted by Crippen LogP contribution is 2.07. The Morgan fingerprint density at radius 1 is 1.69 bits per heavy atom. The highest BCUT2D eigenvalue weighted by atomic mass is 35.5. The SMILES string of the molecule is CN1CCCC(NC(=O)CCCl)C1. The average molecular weight is 205 g/mol. The summed E-state index contributed by atoms with van der Waals surface area (Å²) in [6.45, 7) is 2.11. The van der Waals surface area contributed by atoms with Crippen molar-refractivity contribution >= 4 is 17.5 Å². The molecule has 1 atom stereocenters. The number of piperidine rings is 1. The lowest BCUT2D eigenvalue weighted by Gasteiger charge is -2.30. The van der Waals surface area contributed by atoms with Crippen LogP contribution >= 0.6 is 11.6 Å². The van der Waals surface area contributed by atoms with Gasteiger partial charge in [-0.05, 0) is 26.4 Å². The van der Waals surface area contributed by atoms with E-state index in [-0.39, 0.29) is 5.91 Å². The minimum atomic E-state index is 0.0790. The lowest BCUT2D eigenvalue weighted by atomic mass is 10.1. The molecule has 1 aliphatic rings. The largest absolute Gasteiger partial charge is 0.352 e. The molecule has 1 fully saturated rings. The quantitative estimate of drug-likeness (QED) is 0.691. The number of rotatable bonds is 3. The molecular weight excluding hydrogens is 188 g/mol. The van der Waals surface area contributed by atoms with E-state index in [1.165, 1.54) is 6.42 Å². The third kappa shape index (κ3) is 3.96. The summed E-state index contributed by atoms with van der Waals surface area (Å²) < 4.78 is 0. The molecular formula is C9H17ClN2O. The van der Waals surface area contributed by atoms with E-state index in [2.05, 4.69) is 17.3 Å².